The van der Waals surface area contributed by atoms with Crippen LogP contribution in [0.1, 0.15) is 16.2 Å². The number of thioether (sulfide) groups is 2. The Morgan fingerprint density at radius 1 is 1.28 bits per heavy atom. The molecule has 0 saturated carbocycles. The number of carboxylic acids is 2. The van der Waals surface area contributed by atoms with Crippen LogP contribution in [0.4, 0.5) is 5.13 Å². The molecule has 3 aromatic heterocycles. The van der Waals surface area contributed by atoms with Crippen molar-refractivity contribution in [3.05, 3.63) is 40.4 Å². The van der Waals surface area contributed by atoms with Crippen molar-refractivity contribution >= 4 is 75.2 Å². The number of nitrogens with two attached hydrogens (primary N) is 1. The first-order chi connectivity index (χ1) is 18.7. The molecule has 2 unspecified atom stereocenters. The van der Waals surface area contributed by atoms with Gasteiger partial charge >= 0.3 is 11.9 Å². The topological polar surface area (TPSA) is 228 Å². The molecule has 16 nitrogen and oxygen atoms in total. The molecule has 5 heterocycles. The second-order valence-corrected chi connectivity index (χ2v) is 10.8. The van der Waals surface area contributed by atoms with Gasteiger partial charge in [-0.1, -0.05) is 5.16 Å². The van der Waals surface area contributed by atoms with Crippen LogP contribution >= 0.6 is 34.9 Å². The highest BCUT2D eigenvalue weighted by molar-refractivity contribution is 8.01. The number of nitrogens with one attached hydrogen (secondary N) is 1. The molecule has 3 aromatic rings. The van der Waals surface area contributed by atoms with Crippen LogP contribution < -0.4 is 11.1 Å². The fraction of sp³-hybridized carbons (Fsp3) is 0.250. The molecule has 2 amide bonds. The van der Waals surface area contributed by atoms with Gasteiger partial charge in [0.2, 0.25) is 0 Å². The molecule has 1 fully saturated rings. The average Bonchev–Trinajstić information content (AvgIpc) is 3.56. The third-order valence-corrected chi connectivity index (χ3v) is 8.62. The molecule has 2 aliphatic rings. The summed E-state index contributed by atoms with van der Waals surface area (Å²) < 4.78 is 1.34. The number of oxime groups is 1. The molecule has 0 spiro atoms. The van der Waals surface area contributed by atoms with E-state index in [4.69, 9.17) is 10.6 Å². The number of aromatic carboxylic acids is 1. The standard InChI is InChI=1S/C20H17N9O7S3/c1-36-27-11(9-5-39-19(21)24-9)14(30)26-12-15(31)28-13(18(34)35)7(4-38-16(12)28)3-37-10-2-8(17(32)33)25-20-22-6-23-29(10)20/h2,5-6,12,16H,3-4H2,1H3,(H2,21,24)(H,26,30)(H,32,33)(H,34,35). The lowest BCUT2D eigenvalue weighted by atomic mass is 10.0. The van der Waals surface area contributed by atoms with Gasteiger partial charge in [0.25, 0.3) is 17.6 Å². The summed E-state index contributed by atoms with van der Waals surface area (Å²) in [7, 11) is 1.25. The van der Waals surface area contributed by atoms with Crippen molar-refractivity contribution in [2.45, 2.75) is 16.4 Å². The molecule has 5 N–H and O–H groups in total. The molecule has 0 radical (unpaired) electrons. The first-order valence-corrected chi connectivity index (χ1v) is 13.7. The Morgan fingerprint density at radius 3 is 2.74 bits per heavy atom. The summed E-state index contributed by atoms with van der Waals surface area (Å²) in [6, 6.07) is 0.307. The van der Waals surface area contributed by atoms with Gasteiger partial charge in [-0.05, 0) is 5.57 Å². The molecule has 2 aliphatic heterocycles. The Hall–Kier alpha value is -4.23. The van der Waals surface area contributed by atoms with Crippen molar-refractivity contribution in [1.29, 1.82) is 0 Å². The van der Waals surface area contributed by atoms with E-state index >= 15 is 0 Å². The van der Waals surface area contributed by atoms with Crippen molar-refractivity contribution in [2.75, 3.05) is 24.3 Å². The van der Waals surface area contributed by atoms with Gasteiger partial charge in [-0.3, -0.25) is 14.5 Å². The smallest absolute Gasteiger partial charge is 0.354 e. The minimum atomic E-state index is -1.31. The minimum Gasteiger partial charge on any atom is -0.477 e. The number of carbonyl (C=O) groups is 4. The number of β-lactam (4-membered cyclic amide) rings is 1. The number of carboxylic acid groups (broad SMARTS) is 2. The fourth-order valence-electron chi connectivity index (χ4n) is 3.85. The first-order valence-electron chi connectivity index (χ1n) is 10.8. The highest BCUT2D eigenvalue weighted by Gasteiger charge is 2.54. The lowest BCUT2D eigenvalue weighted by Gasteiger charge is -2.49. The van der Waals surface area contributed by atoms with E-state index in [9.17, 15) is 29.4 Å². The number of anilines is 1. The summed E-state index contributed by atoms with van der Waals surface area (Å²) >= 11 is 3.51. The molecule has 2 atom stereocenters. The normalized spacial score (nSPS) is 19.1. The van der Waals surface area contributed by atoms with E-state index in [0.29, 0.717) is 10.6 Å². The second kappa shape index (κ2) is 10.5. The number of hydrogen-bond acceptors (Lipinski definition) is 14. The predicted molar refractivity (Wildman–Crippen MR) is 138 cm³/mol. The Bertz CT molecular complexity index is 1580. The van der Waals surface area contributed by atoms with Crippen LogP contribution in [0.2, 0.25) is 0 Å². The lowest BCUT2D eigenvalue weighted by molar-refractivity contribution is -0.150. The van der Waals surface area contributed by atoms with Crippen LogP contribution in [-0.4, -0.2) is 99.2 Å². The zero-order valence-electron chi connectivity index (χ0n) is 19.7. The van der Waals surface area contributed by atoms with E-state index in [-0.39, 0.29) is 45.2 Å². The van der Waals surface area contributed by atoms with Gasteiger partial charge < -0.3 is 26.1 Å². The van der Waals surface area contributed by atoms with E-state index in [1.54, 1.807) is 0 Å². The molecule has 5 rings (SSSR count). The number of amides is 2. The van der Waals surface area contributed by atoms with Crippen molar-refractivity contribution in [2.24, 2.45) is 5.16 Å². The molecule has 0 aliphatic carbocycles. The number of carbonyl (C=O) groups excluding carboxylic acids is 2. The van der Waals surface area contributed by atoms with Crippen LogP contribution in [0.25, 0.3) is 5.78 Å². The Morgan fingerprint density at radius 2 is 2.08 bits per heavy atom. The van der Waals surface area contributed by atoms with Crippen molar-refractivity contribution < 1.29 is 34.2 Å². The van der Waals surface area contributed by atoms with Gasteiger partial charge in [-0.15, -0.1) is 34.9 Å². The number of rotatable bonds is 9. The summed E-state index contributed by atoms with van der Waals surface area (Å²) in [6.07, 6.45) is 1.22. The minimum absolute atomic E-state index is 0.0798. The van der Waals surface area contributed by atoms with Crippen molar-refractivity contribution in [3.8, 4) is 0 Å². The zero-order chi connectivity index (χ0) is 27.8. The Labute approximate surface area is 230 Å². The van der Waals surface area contributed by atoms with E-state index in [2.05, 4.69) is 30.5 Å². The van der Waals surface area contributed by atoms with E-state index in [0.717, 1.165) is 28.0 Å². The van der Waals surface area contributed by atoms with Gasteiger partial charge in [-0.2, -0.15) is 14.6 Å². The zero-order valence-corrected chi connectivity index (χ0v) is 22.1. The van der Waals surface area contributed by atoms with Crippen LogP contribution in [0.15, 0.2) is 39.2 Å². The van der Waals surface area contributed by atoms with E-state index in [1.165, 1.54) is 41.2 Å². The average molecular weight is 592 g/mol. The highest BCUT2D eigenvalue weighted by atomic mass is 32.2. The molecular weight excluding hydrogens is 574 g/mol. The molecular formula is C20H17N9O7S3. The summed E-state index contributed by atoms with van der Waals surface area (Å²) in [5.41, 5.74) is 5.64. The quantitative estimate of drug-likeness (QED) is 0.0827. The number of hydrogen-bond donors (Lipinski definition) is 4. The number of thiazole rings is 1. The number of nitrogens with zero attached hydrogens (tertiary/aromatic N) is 7. The van der Waals surface area contributed by atoms with Crippen LogP contribution in [0.3, 0.4) is 0 Å². The summed E-state index contributed by atoms with van der Waals surface area (Å²) in [6.45, 7) is 0. The SMILES string of the molecule is CON=C(C(=O)NC1C(=O)N2C(C(=O)O)=C(CSc3cc(C(=O)O)nc4ncnn34)CSC12)c1csc(N)n1. The molecule has 39 heavy (non-hydrogen) atoms. The molecule has 19 heteroatoms. The van der Waals surface area contributed by atoms with Crippen LogP contribution in [0.5, 0.6) is 0 Å². The van der Waals surface area contributed by atoms with Crippen molar-refractivity contribution in [1.82, 2.24) is 34.8 Å². The third-order valence-electron chi connectivity index (χ3n) is 5.53. The fourth-order valence-corrected chi connectivity index (χ4v) is 6.88. The summed E-state index contributed by atoms with van der Waals surface area (Å²) in [4.78, 5) is 67.3. The maximum Gasteiger partial charge on any atom is 0.354 e. The number of fused-ring (bicyclic) bond motifs is 2. The number of aliphatic carboxylic acids is 1. The molecule has 0 bridgehead atoms. The summed E-state index contributed by atoms with van der Waals surface area (Å²) in [5.74, 6) is -3.45. The maximum atomic E-state index is 13.0. The van der Waals surface area contributed by atoms with Gasteiger partial charge in [0.1, 0.15) is 41.3 Å². The van der Waals surface area contributed by atoms with Gasteiger partial charge in [0, 0.05) is 23.0 Å². The summed E-state index contributed by atoms with van der Waals surface area (Å²) in [5, 5.41) is 31.1. The van der Waals surface area contributed by atoms with E-state index in [1.807, 2.05) is 0 Å². The number of nitrogen functional groups attached to an aromatic ring is 1. The second-order valence-electron chi connectivity index (χ2n) is 7.86. The number of aromatic nitrogens is 5. The molecule has 1 saturated heterocycles. The highest BCUT2D eigenvalue weighted by Crippen LogP contribution is 2.41. The first kappa shape index (κ1) is 26.4. The molecule has 0 aromatic carbocycles. The Balaban J connectivity index is 1.34. The van der Waals surface area contributed by atoms with Gasteiger partial charge in [0.15, 0.2) is 16.5 Å². The predicted octanol–water partition coefficient (Wildman–Crippen LogP) is -0.257. The maximum absolute atomic E-state index is 13.0. The van der Waals surface area contributed by atoms with Gasteiger partial charge in [0.05, 0.1) is 0 Å². The van der Waals surface area contributed by atoms with E-state index < -0.39 is 35.2 Å². The lowest BCUT2D eigenvalue weighted by Crippen LogP contribution is -2.71. The van der Waals surface area contributed by atoms with Gasteiger partial charge in [-0.25, -0.2) is 19.6 Å². The Kier molecular flexibility index (Phi) is 7.10. The van der Waals surface area contributed by atoms with Crippen LogP contribution in [0, 0.1) is 0 Å². The largest absolute Gasteiger partial charge is 0.477 e. The third kappa shape index (κ3) is 4.86. The van der Waals surface area contributed by atoms with Crippen molar-refractivity contribution in [3.63, 3.8) is 0 Å². The monoisotopic (exact) mass is 591 g/mol. The van der Waals surface area contributed by atoms with Crippen LogP contribution in [-0.2, 0) is 19.2 Å². The molecule has 202 valence electrons.